The molecule has 2 amide bonds. The quantitative estimate of drug-likeness (QED) is 0.536. The highest BCUT2D eigenvalue weighted by Crippen LogP contribution is 2.22. The van der Waals surface area contributed by atoms with E-state index < -0.39 is 34.3 Å². The normalized spacial score (nSPS) is 15.3. The van der Waals surface area contributed by atoms with Gasteiger partial charge in [-0.1, -0.05) is 43.0 Å². The largest absolute Gasteiger partial charge is 0.352 e. The zero-order valence-corrected chi connectivity index (χ0v) is 21.5. The molecule has 2 aromatic carbocycles. The predicted molar refractivity (Wildman–Crippen MR) is 135 cm³/mol. The number of halogens is 2. The number of rotatable bonds is 9. The molecule has 0 unspecified atom stereocenters. The van der Waals surface area contributed by atoms with Crippen molar-refractivity contribution in [2.45, 2.75) is 57.7 Å². The maximum Gasteiger partial charge on any atom is 0.244 e. The summed E-state index contributed by atoms with van der Waals surface area (Å²) in [6.07, 6.45) is 6.02. The predicted octanol–water partition coefficient (Wildman–Crippen LogP) is 4.11. The molecule has 7 nitrogen and oxygen atoms in total. The Bertz CT molecular complexity index is 1120. The molecule has 1 saturated carbocycles. The molecule has 1 aliphatic rings. The van der Waals surface area contributed by atoms with Crippen molar-refractivity contribution in [3.05, 3.63) is 64.9 Å². The standard InChI is InChI=1S/C25H31ClFN3O4S/c1-18(25(32)28-22-6-4-3-5-7-22)29(16-19-8-12-21(27)13-9-19)24(31)17-30(35(2,33)34)23-14-10-20(26)11-15-23/h8-15,18,22H,3-7,16-17H2,1-2H3,(H,28,32)/t18-/m0/s1. The molecule has 0 spiro atoms. The Hall–Kier alpha value is -2.65. The van der Waals surface area contributed by atoms with Crippen LogP contribution in [0.15, 0.2) is 48.5 Å². The van der Waals surface area contributed by atoms with Gasteiger partial charge in [-0.15, -0.1) is 0 Å². The zero-order chi connectivity index (χ0) is 25.6. The van der Waals surface area contributed by atoms with Crippen LogP contribution in [0.4, 0.5) is 10.1 Å². The van der Waals surface area contributed by atoms with E-state index in [0.29, 0.717) is 10.6 Å². The highest BCUT2D eigenvalue weighted by atomic mass is 35.5. The second kappa shape index (κ2) is 11.9. The summed E-state index contributed by atoms with van der Waals surface area (Å²) in [5, 5.41) is 3.46. The minimum Gasteiger partial charge on any atom is -0.352 e. The van der Waals surface area contributed by atoms with Crippen molar-refractivity contribution < 1.29 is 22.4 Å². The van der Waals surface area contributed by atoms with Crippen molar-refractivity contribution in [2.24, 2.45) is 0 Å². The van der Waals surface area contributed by atoms with Gasteiger partial charge in [0.15, 0.2) is 0 Å². The molecule has 0 bridgehead atoms. The highest BCUT2D eigenvalue weighted by molar-refractivity contribution is 7.92. The SMILES string of the molecule is C[C@@H](C(=O)NC1CCCCC1)N(Cc1ccc(F)cc1)C(=O)CN(c1ccc(Cl)cc1)S(C)(=O)=O. The molecule has 0 saturated heterocycles. The van der Waals surface area contributed by atoms with Crippen molar-refractivity contribution in [1.29, 1.82) is 0 Å². The minimum atomic E-state index is -3.81. The lowest BCUT2D eigenvalue weighted by Gasteiger charge is -2.33. The van der Waals surface area contributed by atoms with Gasteiger partial charge in [0.1, 0.15) is 18.4 Å². The molecule has 35 heavy (non-hydrogen) atoms. The van der Waals surface area contributed by atoms with Crippen LogP contribution in [0.1, 0.15) is 44.6 Å². The van der Waals surface area contributed by atoms with Crippen LogP contribution in [-0.2, 0) is 26.2 Å². The molecule has 3 rings (SSSR count). The van der Waals surface area contributed by atoms with Gasteiger partial charge in [-0.2, -0.15) is 0 Å². The number of hydrogen-bond acceptors (Lipinski definition) is 4. The third-order valence-electron chi connectivity index (χ3n) is 6.18. The number of amides is 2. The molecule has 0 heterocycles. The van der Waals surface area contributed by atoms with Crippen LogP contribution in [0.3, 0.4) is 0 Å². The number of carbonyl (C=O) groups excluding carboxylic acids is 2. The lowest BCUT2D eigenvalue weighted by Crippen LogP contribution is -2.52. The molecular formula is C25H31ClFN3O4S. The smallest absolute Gasteiger partial charge is 0.244 e. The van der Waals surface area contributed by atoms with E-state index >= 15 is 0 Å². The summed E-state index contributed by atoms with van der Waals surface area (Å²) < 4.78 is 39.5. The number of benzene rings is 2. The van der Waals surface area contributed by atoms with Crippen LogP contribution in [0.25, 0.3) is 0 Å². The minimum absolute atomic E-state index is 0.0244. The van der Waals surface area contributed by atoms with E-state index in [4.69, 9.17) is 11.6 Å². The molecule has 0 aliphatic heterocycles. The van der Waals surface area contributed by atoms with Gasteiger partial charge in [-0.3, -0.25) is 13.9 Å². The van der Waals surface area contributed by atoms with Gasteiger partial charge in [-0.05, 0) is 61.7 Å². The van der Waals surface area contributed by atoms with Crippen molar-refractivity contribution >= 4 is 39.1 Å². The number of nitrogens with one attached hydrogen (secondary N) is 1. The second-order valence-corrected chi connectivity index (χ2v) is 11.3. The molecular weight excluding hydrogens is 493 g/mol. The van der Waals surface area contributed by atoms with Gasteiger partial charge >= 0.3 is 0 Å². The van der Waals surface area contributed by atoms with Crippen LogP contribution < -0.4 is 9.62 Å². The van der Waals surface area contributed by atoms with E-state index in [1.54, 1.807) is 6.92 Å². The average molecular weight is 524 g/mol. The fourth-order valence-electron chi connectivity index (χ4n) is 4.16. The molecule has 0 aromatic heterocycles. The number of carbonyl (C=O) groups is 2. The lowest BCUT2D eigenvalue weighted by molar-refractivity contribution is -0.139. The Labute approximate surface area is 211 Å². The molecule has 1 atom stereocenters. The molecule has 1 fully saturated rings. The van der Waals surface area contributed by atoms with Crippen molar-refractivity contribution in [2.75, 3.05) is 17.1 Å². The number of anilines is 1. The van der Waals surface area contributed by atoms with Crippen molar-refractivity contribution in [3.8, 4) is 0 Å². The third-order valence-corrected chi connectivity index (χ3v) is 7.57. The Morgan fingerprint density at radius 2 is 1.66 bits per heavy atom. The van der Waals surface area contributed by atoms with E-state index in [1.165, 1.54) is 53.4 Å². The summed E-state index contributed by atoms with van der Waals surface area (Å²) in [6, 6.07) is 10.9. The average Bonchev–Trinajstić information content (AvgIpc) is 2.82. The lowest BCUT2D eigenvalue weighted by atomic mass is 9.95. The number of hydrogen-bond donors (Lipinski definition) is 1. The molecule has 190 valence electrons. The van der Waals surface area contributed by atoms with Gasteiger partial charge < -0.3 is 10.2 Å². The van der Waals surface area contributed by atoms with Crippen LogP contribution in [0, 0.1) is 5.82 Å². The first-order chi connectivity index (χ1) is 16.5. The summed E-state index contributed by atoms with van der Waals surface area (Å²) in [5.74, 6) is -1.27. The molecule has 10 heteroatoms. The Kier molecular flexibility index (Phi) is 9.13. The van der Waals surface area contributed by atoms with Gasteiger partial charge in [-0.25, -0.2) is 12.8 Å². The fraction of sp³-hybridized carbons (Fsp3) is 0.440. The summed E-state index contributed by atoms with van der Waals surface area (Å²) in [7, 11) is -3.81. The first-order valence-electron chi connectivity index (χ1n) is 11.6. The monoisotopic (exact) mass is 523 g/mol. The summed E-state index contributed by atoms with van der Waals surface area (Å²) in [4.78, 5) is 27.9. The topological polar surface area (TPSA) is 86.8 Å². The molecule has 2 aromatic rings. The first-order valence-corrected chi connectivity index (χ1v) is 13.8. The molecule has 1 aliphatic carbocycles. The van der Waals surface area contributed by atoms with E-state index in [1.807, 2.05) is 0 Å². The van der Waals surface area contributed by atoms with E-state index in [0.717, 1.165) is 42.7 Å². The Morgan fingerprint density at radius 3 is 2.23 bits per heavy atom. The van der Waals surface area contributed by atoms with Crippen LogP contribution in [0.2, 0.25) is 5.02 Å². The van der Waals surface area contributed by atoms with Crippen LogP contribution >= 0.6 is 11.6 Å². The van der Waals surface area contributed by atoms with Gasteiger partial charge in [0.05, 0.1) is 11.9 Å². The Morgan fingerprint density at radius 1 is 1.06 bits per heavy atom. The third kappa shape index (κ3) is 7.67. The number of sulfonamides is 1. The zero-order valence-electron chi connectivity index (χ0n) is 19.9. The first kappa shape index (κ1) is 26.9. The molecule has 0 radical (unpaired) electrons. The van der Waals surface area contributed by atoms with Gasteiger partial charge in [0.25, 0.3) is 0 Å². The van der Waals surface area contributed by atoms with E-state index in [2.05, 4.69) is 5.32 Å². The van der Waals surface area contributed by atoms with E-state index in [-0.39, 0.29) is 24.2 Å². The maximum atomic E-state index is 13.5. The van der Waals surface area contributed by atoms with Gasteiger partial charge in [0, 0.05) is 17.6 Å². The maximum absolute atomic E-state index is 13.5. The van der Waals surface area contributed by atoms with Crippen LogP contribution in [-0.4, -0.2) is 50.0 Å². The van der Waals surface area contributed by atoms with Crippen LogP contribution in [0.5, 0.6) is 0 Å². The summed E-state index contributed by atoms with van der Waals surface area (Å²) >= 11 is 5.93. The Balaban J connectivity index is 1.85. The summed E-state index contributed by atoms with van der Waals surface area (Å²) in [6.45, 7) is 1.14. The highest BCUT2D eigenvalue weighted by Gasteiger charge is 2.31. The second-order valence-electron chi connectivity index (χ2n) is 8.91. The van der Waals surface area contributed by atoms with Gasteiger partial charge in [0.2, 0.25) is 21.8 Å². The van der Waals surface area contributed by atoms with Crippen molar-refractivity contribution in [3.63, 3.8) is 0 Å². The van der Waals surface area contributed by atoms with Crippen molar-refractivity contribution in [1.82, 2.24) is 10.2 Å². The van der Waals surface area contributed by atoms with E-state index in [9.17, 15) is 22.4 Å². The molecule has 1 N–H and O–H groups in total. The summed E-state index contributed by atoms with van der Waals surface area (Å²) in [5.41, 5.74) is 0.903. The number of nitrogens with zero attached hydrogens (tertiary/aromatic N) is 2. The fourth-order valence-corrected chi connectivity index (χ4v) is 5.13.